The summed E-state index contributed by atoms with van der Waals surface area (Å²) in [5, 5.41) is 2.97. The van der Waals surface area contributed by atoms with Crippen LogP contribution in [0, 0.1) is 0 Å². The minimum absolute atomic E-state index is 0.353. The van der Waals surface area contributed by atoms with Gasteiger partial charge in [0, 0.05) is 25.4 Å². The summed E-state index contributed by atoms with van der Waals surface area (Å²) >= 11 is 0. The van der Waals surface area contributed by atoms with Crippen molar-refractivity contribution in [2.75, 3.05) is 13.1 Å². The Labute approximate surface area is 70.0 Å². The van der Waals surface area contributed by atoms with Gasteiger partial charge in [0.15, 0.2) is 5.67 Å². The number of rotatable bonds is 1. The van der Waals surface area contributed by atoms with E-state index in [0.717, 1.165) is 0 Å². The average Bonchev–Trinajstić information content (AvgIpc) is 2.55. The Hall–Kier alpha value is -1.03. The Morgan fingerprint density at radius 1 is 1.50 bits per heavy atom. The van der Waals surface area contributed by atoms with Crippen molar-refractivity contribution in [3.63, 3.8) is 0 Å². The first kappa shape index (κ1) is 7.61. The van der Waals surface area contributed by atoms with Gasteiger partial charge in [0.1, 0.15) is 0 Å². The standard InChI is InChI=1S/C8H10FN3/c9-8(1-2-11-6-8)7-5-10-3-4-12-7/h3-5,11H,1-2,6H2. The summed E-state index contributed by atoms with van der Waals surface area (Å²) in [6, 6.07) is 0. The third-order valence-electron chi connectivity index (χ3n) is 2.13. The summed E-state index contributed by atoms with van der Waals surface area (Å²) in [5.41, 5.74) is -0.858. The van der Waals surface area contributed by atoms with E-state index < -0.39 is 5.67 Å². The van der Waals surface area contributed by atoms with Gasteiger partial charge in [0.2, 0.25) is 0 Å². The summed E-state index contributed by atoms with van der Waals surface area (Å²) in [6.07, 6.45) is 5.06. The smallest absolute Gasteiger partial charge is 0.167 e. The average molecular weight is 167 g/mol. The lowest BCUT2D eigenvalue weighted by atomic mass is 10.0. The molecule has 1 saturated heterocycles. The van der Waals surface area contributed by atoms with Crippen LogP contribution in [-0.4, -0.2) is 23.1 Å². The molecule has 2 rings (SSSR count). The molecule has 1 aromatic rings. The van der Waals surface area contributed by atoms with Gasteiger partial charge in [0.25, 0.3) is 0 Å². The van der Waals surface area contributed by atoms with Crippen molar-refractivity contribution < 1.29 is 4.39 Å². The highest BCUT2D eigenvalue weighted by Gasteiger charge is 2.36. The molecule has 1 N–H and O–H groups in total. The molecular formula is C8H10FN3. The lowest BCUT2D eigenvalue weighted by Crippen LogP contribution is -2.24. The summed E-state index contributed by atoms with van der Waals surface area (Å²) in [7, 11) is 0. The van der Waals surface area contributed by atoms with Gasteiger partial charge in [-0.1, -0.05) is 0 Å². The van der Waals surface area contributed by atoms with E-state index in [-0.39, 0.29) is 0 Å². The Bertz CT molecular complexity index is 256. The first-order chi connectivity index (χ1) is 5.81. The highest BCUT2D eigenvalue weighted by Crippen LogP contribution is 2.29. The highest BCUT2D eigenvalue weighted by molar-refractivity contribution is 5.11. The van der Waals surface area contributed by atoms with Gasteiger partial charge in [-0.25, -0.2) is 4.39 Å². The quantitative estimate of drug-likeness (QED) is 0.666. The minimum Gasteiger partial charge on any atom is -0.313 e. The number of aromatic nitrogens is 2. The number of hydrogen-bond donors (Lipinski definition) is 1. The monoisotopic (exact) mass is 167 g/mol. The van der Waals surface area contributed by atoms with E-state index in [4.69, 9.17) is 0 Å². The molecule has 1 atom stereocenters. The van der Waals surface area contributed by atoms with Crippen molar-refractivity contribution in [1.29, 1.82) is 0 Å². The molecule has 4 heteroatoms. The number of alkyl halides is 1. The molecule has 2 heterocycles. The van der Waals surface area contributed by atoms with Gasteiger partial charge in [-0.15, -0.1) is 0 Å². The predicted octanol–water partition coefficient (Wildman–Crippen LogP) is 0.635. The molecule has 1 unspecified atom stereocenters. The second-order valence-corrected chi connectivity index (χ2v) is 2.98. The number of halogens is 1. The van der Waals surface area contributed by atoms with Crippen LogP contribution in [0.4, 0.5) is 4.39 Å². The van der Waals surface area contributed by atoms with Gasteiger partial charge >= 0.3 is 0 Å². The molecule has 64 valence electrons. The molecule has 1 aliphatic heterocycles. The third-order valence-corrected chi connectivity index (χ3v) is 2.13. The van der Waals surface area contributed by atoms with Crippen molar-refractivity contribution >= 4 is 0 Å². The van der Waals surface area contributed by atoms with E-state index in [1.165, 1.54) is 12.4 Å². The number of nitrogens with zero attached hydrogens (tertiary/aromatic N) is 2. The number of hydrogen-bond acceptors (Lipinski definition) is 3. The van der Waals surface area contributed by atoms with Crippen LogP contribution in [0.5, 0.6) is 0 Å². The van der Waals surface area contributed by atoms with E-state index in [0.29, 0.717) is 25.2 Å². The van der Waals surface area contributed by atoms with E-state index in [1.54, 1.807) is 6.20 Å². The molecular weight excluding hydrogens is 157 g/mol. The molecule has 0 spiro atoms. The maximum atomic E-state index is 13.9. The zero-order valence-electron chi connectivity index (χ0n) is 6.63. The van der Waals surface area contributed by atoms with Gasteiger partial charge in [0.05, 0.1) is 11.9 Å². The summed E-state index contributed by atoms with van der Waals surface area (Å²) < 4.78 is 13.9. The maximum Gasteiger partial charge on any atom is 0.167 e. The lowest BCUT2D eigenvalue weighted by Gasteiger charge is -2.15. The van der Waals surface area contributed by atoms with E-state index in [2.05, 4.69) is 15.3 Å². The minimum atomic E-state index is -1.30. The first-order valence-electron chi connectivity index (χ1n) is 3.97. The van der Waals surface area contributed by atoms with Crippen LogP contribution >= 0.6 is 0 Å². The molecule has 1 fully saturated rings. The third kappa shape index (κ3) is 1.18. The van der Waals surface area contributed by atoms with Crippen LogP contribution in [0.2, 0.25) is 0 Å². The van der Waals surface area contributed by atoms with Crippen molar-refractivity contribution in [2.45, 2.75) is 12.1 Å². The van der Waals surface area contributed by atoms with Crippen molar-refractivity contribution in [2.24, 2.45) is 0 Å². The van der Waals surface area contributed by atoms with E-state index in [1.807, 2.05) is 0 Å². The van der Waals surface area contributed by atoms with Crippen molar-refractivity contribution in [3.05, 3.63) is 24.3 Å². The molecule has 12 heavy (non-hydrogen) atoms. The zero-order chi connectivity index (χ0) is 8.44. The fourth-order valence-electron chi connectivity index (χ4n) is 1.41. The molecule has 0 radical (unpaired) electrons. The molecule has 0 aliphatic carbocycles. The second-order valence-electron chi connectivity index (χ2n) is 2.98. The second kappa shape index (κ2) is 2.79. The van der Waals surface area contributed by atoms with Gasteiger partial charge < -0.3 is 5.32 Å². The van der Waals surface area contributed by atoms with Crippen LogP contribution in [0.25, 0.3) is 0 Å². The Kier molecular flexibility index (Phi) is 1.77. The molecule has 0 aromatic carbocycles. The molecule has 0 amide bonds. The Balaban J connectivity index is 2.29. The van der Waals surface area contributed by atoms with Crippen molar-refractivity contribution in [3.8, 4) is 0 Å². The lowest BCUT2D eigenvalue weighted by molar-refractivity contribution is 0.186. The van der Waals surface area contributed by atoms with Gasteiger partial charge in [-0.3, -0.25) is 9.97 Å². The normalized spacial score (nSPS) is 29.1. The van der Waals surface area contributed by atoms with E-state index in [9.17, 15) is 4.39 Å². The molecule has 1 aliphatic rings. The molecule has 3 nitrogen and oxygen atoms in total. The summed E-state index contributed by atoms with van der Waals surface area (Å²) in [6.45, 7) is 1.07. The highest BCUT2D eigenvalue weighted by atomic mass is 19.1. The predicted molar refractivity (Wildman–Crippen MR) is 42.3 cm³/mol. The van der Waals surface area contributed by atoms with Crippen LogP contribution in [0.1, 0.15) is 12.1 Å². The zero-order valence-corrected chi connectivity index (χ0v) is 6.63. The number of nitrogens with one attached hydrogen (secondary N) is 1. The summed E-state index contributed by atoms with van der Waals surface area (Å²) in [4.78, 5) is 7.80. The fourth-order valence-corrected chi connectivity index (χ4v) is 1.41. The Morgan fingerprint density at radius 2 is 2.42 bits per heavy atom. The Morgan fingerprint density at radius 3 is 3.00 bits per heavy atom. The van der Waals surface area contributed by atoms with Crippen LogP contribution in [0.15, 0.2) is 18.6 Å². The molecule has 1 aromatic heterocycles. The summed E-state index contributed by atoms with van der Waals surface area (Å²) in [5.74, 6) is 0. The SMILES string of the molecule is FC1(c2cnccn2)CCNC1. The van der Waals surface area contributed by atoms with Crippen LogP contribution in [0.3, 0.4) is 0 Å². The van der Waals surface area contributed by atoms with Crippen molar-refractivity contribution in [1.82, 2.24) is 15.3 Å². The fraction of sp³-hybridized carbons (Fsp3) is 0.500. The van der Waals surface area contributed by atoms with E-state index >= 15 is 0 Å². The largest absolute Gasteiger partial charge is 0.313 e. The van der Waals surface area contributed by atoms with Gasteiger partial charge in [-0.2, -0.15) is 0 Å². The maximum absolute atomic E-state index is 13.9. The topological polar surface area (TPSA) is 37.8 Å². The van der Waals surface area contributed by atoms with Crippen LogP contribution < -0.4 is 5.32 Å². The molecule has 0 saturated carbocycles. The van der Waals surface area contributed by atoms with Gasteiger partial charge in [-0.05, 0) is 6.54 Å². The molecule has 0 bridgehead atoms. The van der Waals surface area contributed by atoms with Crippen LogP contribution in [-0.2, 0) is 5.67 Å². The first-order valence-corrected chi connectivity index (χ1v) is 3.97.